The lowest BCUT2D eigenvalue weighted by molar-refractivity contribution is -0.142. The van der Waals surface area contributed by atoms with E-state index in [0.717, 1.165) is 55.6 Å². The first-order valence-corrected chi connectivity index (χ1v) is 15.8. The summed E-state index contributed by atoms with van der Waals surface area (Å²) >= 11 is 0. The highest BCUT2D eigenvalue weighted by molar-refractivity contribution is 5.71. The molecule has 3 heterocycles. The normalized spacial score (nSPS) is 22.6. The number of methoxy groups -OCH3 is 1. The summed E-state index contributed by atoms with van der Waals surface area (Å²) in [6, 6.07) is 17.4. The van der Waals surface area contributed by atoms with Gasteiger partial charge in [-0.1, -0.05) is 37.6 Å². The highest BCUT2D eigenvalue weighted by Gasteiger charge is 2.48. The average Bonchev–Trinajstić information content (AvgIpc) is 3.96. The quantitative estimate of drug-likeness (QED) is 0.288. The van der Waals surface area contributed by atoms with Crippen molar-refractivity contribution in [3.05, 3.63) is 77.0 Å². The molecule has 3 fully saturated rings. The standard InChI is InChI=1S/C36H42N2O4/c1-23(35(39)40)34(25-6-7-25)28-8-5-24-10-12-31(42-32(24)20-28)30-11-9-26(27-13-17-37-33(21-27)41-2)19-29(30)22-38-18-4-3-14-36(38)15-16-36/h5,8-9,11,13,17,19-21,23,25,31,34H,3-4,6-7,10,12,14-16,18,22H2,1-2H3,(H,39,40)/t23-,31+,34-/m0/s1. The summed E-state index contributed by atoms with van der Waals surface area (Å²) in [6.45, 7) is 3.96. The van der Waals surface area contributed by atoms with Crippen LogP contribution in [0, 0.1) is 11.8 Å². The predicted molar refractivity (Wildman–Crippen MR) is 163 cm³/mol. The number of piperidine rings is 1. The summed E-state index contributed by atoms with van der Waals surface area (Å²) in [5.74, 6) is 0.927. The number of nitrogens with zero attached hydrogens (tertiary/aromatic N) is 2. The predicted octanol–water partition coefficient (Wildman–Crippen LogP) is 7.56. The van der Waals surface area contributed by atoms with Gasteiger partial charge in [0, 0.05) is 24.3 Å². The Morgan fingerprint density at radius 3 is 2.67 bits per heavy atom. The fraction of sp³-hybridized carbons (Fsp3) is 0.500. The number of fused-ring (bicyclic) bond motifs is 1. The zero-order valence-electron chi connectivity index (χ0n) is 24.9. The van der Waals surface area contributed by atoms with Crippen LogP contribution in [0.4, 0.5) is 0 Å². The van der Waals surface area contributed by atoms with Crippen LogP contribution in [0.2, 0.25) is 0 Å². The molecule has 2 aromatic carbocycles. The number of pyridine rings is 1. The molecule has 6 nitrogen and oxygen atoms in total. The van der Waals surface area contributed by atoms with Gasteiger partial charge in [0.05, 0.1) is 13.0 Å². The number of rotatable bonds is 9. The van der Waals surface area contributed by atoms with Crippen LogP contribution in [0.5, 0.6) is 11.6 Å². The zero-order valence-corrected chi connectivity index (χ0v) is 24.9. The van der Waals surface area contributed by atoms with Crippen molar-refractivity contribution < 1.29 is 19.4 Å². The van der Waals surface area contributed by atoms with E-state index < -0.39 is 11.9 Å². The van der Waals surface area contributed by atoms with Crippen molar-refractivity contribution in [2.75, 3.05) is 13.7 Å². The van der Waals surface area contributed by atoms with Gasteiger partial charge in [-0.15, -0.1) is 0 Å². The molecule has 2 aliphatic heterocycles. The van der Waals surface area contributed by atoms with E-state index in [9.17, 15) is 9.90 Å². The number of carboxylic acids is 1. The minimum Gasteiger partial charge on any atom is -0.485 e. The molecule has 6 heteroatoms. The largest absolute Gasteiger partial charge is 0.485 e. The van der Waals surface area contributed by atoms with E-state index in [1.165, 1.54) is 54.4 Å². The number of aliphatic carboxylic acids is 1. The summed E-state index contributed by atoms with van der Waals surface area (Å²) in [6.07, 6.45) is 12.5. The number of aromatic nitrogens is 1. The van der Waals surface area contributed by atoms with Crippen molar-refractivity contribution in [3.8, 4) is 22.8 Å². The third-order valence-corrected chi connectivity index (χ3v) is 10.4. The number of benzene rings is 2. The SMILES string of the molecule is COc1cc(-c2ccc([C@H]3CCc4ccc([C@H](C5CC5)[C@H](C)C(=O)O)cc4O3)c(CN3CCCCC34CC4)c2)ccn1. The highest BCUT2D eigenvalue weighted by Crippen LogP contribution is 2.50. The molecule has 1 spiro atoms. The van der Waals surface area contributed by atoms with E-state index in [1.807, 2.05) is 25.3 Å². The smallest absolute Gasteiger partial charge is 0.306 e. The minimum absolute atomic E-state index is 0.0278. The number of likely N-dealkylation sites (tertiary alicyclic amines) is 1. The van der Waals surface area contributed by atoms with E-state index in [1.54, 1.807) is 7.11 Å². The van der Waals surface area contributed by atoms with Gasteiger partial charge in [-0.05, 0) is 121 Å². The van der Waals surface area contributed by atoms with Crippen molar-refractivity contribution in [3.63, 3.8) is 0 Å². The maximum absolute atomic E-state index is 11.9. The third kappa shape index (κ3) is 5.30. The molecule has 3 aromatic rings. The molecule has 2 aliphatic carbocycles. The fourth-order valence-corrected chi connectivity index (χ4v) is 7.64. The summed E-state index contributed by atoms with van der Waals surface area (Å²) < 4.78 is 12.2. The second-order valence-electron chi connectivity index (χ2n) is 13.1. The van der Waals surface area contributed by atoms with Crippen LogP contribution < -0.4 is 9.47 Å². The second kappa shape index (κ2) is 11.0. The van der Waals surface area contributed by atoms with Crippen molar-refractivity contribution in [1.29, 1.82) is 0 Å². The maximum Gasteiger partial charge on any atom is 0.306 e. The molecule has 0 radical (unpaired) electrons. The lowest BCUT2D eigenvalue weighted by Gasteiger charge is -2.37. The Balaban J connectivity index is 1.21. The van der Waals surface area contributed by atoms with E-state index in [4.69, 9.17) is 9.47 Å². The van der Waals surface area contributed by atoms with Crippen molar-refractivity contribution in [1.82, 2.24) is 9.88 Å². The van der Waals surface area contributed by atoms with Crippen molar-refractivity contribution in [2.45, 2.75) is 88.8 Å². The molecule has 1 aromatic heterocycles. The number of hydrogen-bond donors (Lipinski definition) is 1. The Labute approximate surface area is 249 Å². The van der Waals surface area contributed by atoms with Gasteiger partial charge in [-0.25, -0.2) is 4.98 Å². The second-order valence-corrected chi connectivity index (χ2v) is 13.1. The van der Waals surface area contributed by atoms with Gasteiger partial charge in [-0.3, -0.25) is 9.69 Å². The number of carbonyl (C=O) groups is 1. The van der Waals surface area contributed by atoms with E-state index >= 15 is 0 Å². The number of ether oxygens (including phenoxy) is 2. The van der Waals surface area contributed by atoms with E-state index in [-0.39, 0.29) is 12.0 Å². The Hall–Kier alpha value is -3.38. The zero-order chi connectivity index (χ0) is 28.8. The summed E-state index contributed by atoms with van der Waals surface area (Å²) in [5, 5.41) is 9.81. The van der Waals surface area contributed by atoms with Crippen molar-refractivity contribution >= 4 is 5.97 Å². The van der Waals surface area contributed by atoms with Gasteiger partial charge in [0.1, 0.15) is 11.9 Å². The molecule has 4 aliphatic rings. The summed E-state index contributed by atoms with van der Waals surface area (Å²) in [7, 11) is 1.66. The number of aryl methyl sites for hydroxylation is 1. The number of hydrogen-bond acceptors (Lipinski definition) is 5. The Bertz CT molecular complexity index is 1480. The minimum atomic E-state index is -0.717. The van der Waals surface area contributed by atoms with Gasteiger partial charge >= 0.3 is 5.97 Å². The Kier molecular flexibility index (Phi) is 7.21. The molecule has 1 saturated heterocycles. The first-order chi connectivity index (χ1) is 20.4. The van der Waals surface area contributed by atoms with Crippen LogP contribution in [-0.2, 0) is 17.8 Å². The molecule has 0 unspecified atom stereocenters. The Morgan fingerprint density at radius 1 is 1.07 bits per heavy atom. The average molecular weight is 567 g/mol. The van der Waals surface area contributed by atoms with E-state index in [0.29, 0.717) is 17.3 Å². The Morgan fingerprint density at radius 2 is 1.90 bits per heavy atom. The molecule has 7 rings (SSSR count). The molecule has 2 saturated carbocycles. The van der Waals surface area contributed by atoms with Crippen LogP contribution in [0.3, 0.4) is 0 Å². The monoisotopic (exact) mass is 566 g/mol. The molecule has 0 amide bonds. The molecule has 220 valence electrons. The summed E-state index contributed by atoms with van der Waals surface area (Å²) in [5.41, 5.74) is 7.63. The van der Waals surface area contributed by atoms with Gasteiger partial charge < -0.3 is 14.6 Å². The van der Waals surface area contributed by atoms with Gasteiger partial charge in [0.2, 0.25) is 5.88 Å². The lowest BCUT2D eigenvalue weighted by atomic mass is 9.82. The van der Waals surface area contributed by atoms with Crippen molar-refractivity contribution in [2.24, 2.45) is 11.8 Å². The fourth-order valence-electron chi connectivity index (χ4n) is 7.64. The highest BCUT2D eigenvalue weighted by atomic mass is 16.5. The van der Waals surface area contributed by atoms with Crippen LogP contribution >= 0.6 is 0 Å². The van der Waals surface area contributed by atoms with Gasteiger partial charge in [-0.2, -0.15) is 0 Å². The van der Waals surface area contributed by atoms with Crippen LogP contribution in [0.15, 0.2) is 54.7 Å². The van der Waals surface area contributed by atoms with E-state index in [2.05, 4.69) is 46.3 Å². The topological polar surface area (TPSA) is 71.9 Å². The van der Waals surface area contributed by atoms with Gasteiger partial charge in [0.15, 0.2) is 0 Å². The van der Waals surface area contributed by atoms with Gasteiger partial charge in [0.25, 0.3) is 0 Å². The summed E-state index contributed by atoms with van der Waals surface area (Å²) in [4.78, 5) is 19.0. The van der Waals surface area contributed by atoms with Crippen LogP contribution in [0.25, 0.3) is 11.1 Å². The number of carboxylic acid groups (broad SMARTS) is 1. The molecular weight excluding hydrogens is 524 g/mol. The molecule has 1 N–H and O–H groups in total. The maximum atomic E-state index is 11.9. The molecule has 42 heavy (non-hydrogen) atoms. The molecular formula is C36H42N2O4. The molecule has 0 bridgehead atoms. The third-order valence-electron chi connectivity index (χ3n) is 10.4. The van der Waals surface area contributed by atoms with Crippen LogP contribution in [0.1, 0.15) is 92.6 Å². The lowest BCUT2D eigenvalue weighted by Crippen LogP contribution is -2.41. The first kappa shape index (κ1) is 27.5. The molecule has 3 atom stereocenters. The van der Waals surface area contributed by atoms with Crippen LogP contribution in [-0.4, -0.2) is 40.2 Å². The first-order valence-electron chi connectivity index (χ1n) is 15.8.